The van der Waals surface area contributed by atoms with Gasteiger partial charge in [0.15, 0.2) is 0 Å². The Hall–Kier alpha value is -0.290. The topological polar surface area (TPSA) is 47.3 Å². The fourth-order valence-corrected chi connectivity index (χ4v) is 3.12. The van der Waals surface area contributed by atoms with Gasteiger partial charge in [-0.15, -0.1) is 0 Å². The van der Waals surface area contributed by atoms with Crippen molar-refractivity contribution in [3.05, 3.63) is 27.7 Å². The number of hydrogen-bond donors (Lipinski definition) is 2. The van der Waals surface area contributed by atoms with E-state index in [1.54, 1.807) is 0 Å². The van der Waals surface area contributed by atoms with E-state index in [0.29, 0.717) is 11.6 Å². The zero-order valence-electron chi connectivity index (χ0n) is 11.3. The Labute approximate surface area is 128 Å². The molecular weight excluding hydrogens is 328 g/mol. The third kappa shape index (κ3) is 3.63. The van der Waals surface area contributed by atoms with Crippen molar-refractivity contribution in [3.8, 4) is 0 Å². The molecule has 19 heavy (non-hydrogen) atoms. The molecule has 1 aliphatic heterocycles. The number of rotatable bonds is 3. The summed E-state index contributed by atoms with van der Waals surface area (Å²) in [7, 11) is 0. The van der Waals surface area contributed by atoms with Crippen molar-refractivity contribution in [2.24, 2.45) is 5.73 Å². The Balaban J connectivity index is 2.20. The van der Waals surface area contributed by atoms with Crippen molar-refractivity contribution < 1.29 is 4.74 Å². The second-order valence-corrected chi connectivity index (χ2v) is 7.03. The van der Waals surface area contributed by atoms with Crippen molar-refractivity contribution in [1.29, 1.82) is 0 Å². The number of nitrogens with one attached hydrogen (secondary N) is 1. The number of benzene rings is 1. The van der Waals surface area contributed by atoms with Crippen molar-refractivity contribution in [2.45, 2.75) is 37.8 Å². The molecule has 5 heteroatoms. The van der Waals surface area contributed by atoms with Gasteiger partial charge in [-0.3, -0.25) is 0 Å². The van der Waals surface area contributed by atoms with E-state index in [1.165, 1.54) is 0 Å². The Morgan fingerprint density at radius 1 is 1.47 bits per heavy atom. The lowest BCUT2D eigenvalue weighted by Crippen LogP contribution is -2.55. The van der Waals surface area contributed by atoms with Crippen molar-refractivity contribution >= 4 is 33.2 Å². The third-order valence-electron chi connectivity index (χ3n) is 3.56. The molecule has 1 aromatic carbocycles. The van der Waals surface area contributed by atoms with E-state index in [9.17, 15) is 0 Å². The molecule has 0 saturated carbocycles. The van der Waals surface area contributed by atoms with Gasteiger partial charge in [-0.25, -0.2) is 0 Å². The molecule has 0 aliphatic carbocycles. The van der Waals surface area contributed by atoms with E-state index in [-0.39, 0.29) is 11.1 Å². The summed E-state index contributed by atoms with van der Waals surface area (Å²) in [6, 6.07) is 5.88. The fourth-order valence-electron chi connectivity index (χ4n) is 2.69. The molecule has 1 aromatic rings. The summed E-state index contributed by atoms with van der Waals surface area (Å²) in [5.41, 5.74) is 6.74. The molecule has 0 radical (unpaired) electrons. The lowest BCUT2D eigenvalue weighted by Gasteiger charge is -2.45. The molecule has 3 nitrogen and oxygen atoms in total. The first kappa shape index (κ1) is 15.1. The van der Waals surface area contributed by atoms with Gasteiger partial charge in [-0.05, 0) is 54.4 Å². The summed E-state index contributed by atoms with van der Waals surface area (Å²) >= 11 is 9.53. The van der Waals surface area contributed by atoms with Crippen LogP contribution in [0.3, 0.4) is 0 Å². The Morgan fingerprint density at radius 2 is 2.21 bits per heavy atom. The monoisotopic (exact) mass is 346 g/mol. The number of ether oxygens (including phenoxy) is 1. The quantitative estimate of drug-likeness (QED) is 0.874. The molecule has 1 heterocycles. The molecule has 2 rings (SSSR count). The third-order valence-corrected chi connectivity index (χ3v) is 4.79. The highest BCUT2D eigenvalue weighted by Gasteiger charge is 2.40. The number of hydrogen-bond acceptors (Lipinski definition) is 3. The van der Waals surface area contributed by atoms with Gasteiger partial charge in [-0.1, -0.05) is 11.6 Å². The molecule has 0 bridgehead atoms. The average molecular weight is 348 g/mol. The van der Waals surface area contributed by atoms with Crippen LogP contribution < -0.4 is 11.1 Å². The SMILES string of the molecule is CC1(C)CC(CN)(Nc2ccc(Br)c(Cl)c2)CCO1. The Bertz CT molecular complexity index is 467. The highest BCUT2D eigenvalue weighted by molar-refractivity contribution is 9.10. The first-order valence-electron chi connectivity index (χ1n) is 6.43. The molecule has 0 amide bonds. The summed E-state index contributed by atoms with van der Waals surface area (Å²) in [6.07, 6.45) is 1.78. The van der Waals surface area contributed by atoms with Crippen LogP contribution in [0.5, 0.6) is 0 Å². The van der Waals surface area contributed by atoms with E-state index < -0.39 is 0 Å². The van der Waals surface area contributed by atoms with Crippen LogP contribution in [-0.2, 0) is 4.74 Å². The smallest absolute Gasteiger partial charge is 0.0649 e. The molecule has 1 unspecified atom stereocenters. The molecule has 1 saturated heterocycles. The molecule has 1 aliphatic rings. The standard InChI is InChI=1S/C14H20BrClN2O/c1-13(2)8-14(9-17,5-6-19-13)18-10-3-4-11(15)12(16)7-10/h3-4,7,18H,5-6,8-9,17H2,1-2H3. The van der Waals surface area contributed by atoms with Gasteiger partial charge in [0, 0.05) is 29.7 Å². The van der Waals surface area contributed by atoms with Crippen LogP contribution in [0.25, 0.3) is 0 Å². The first-order chi connectivity index (χ1) is 8.86. The highest BCUT2D eigenvalue weighted by Crippen LogP contribution is 2.35. The summed E-state index contributed by atoms with van der Waals surface area (Å²) in [4.78, 5) is 0. The zero-order valence-corrected chi connectivity index (χ0v) is 13.6. The fraction of sp³-hybridized carbons (Fsp3) is 0.571. The van der Waals surface area contributed by atoms with Gasteiger partial charge < -0.3 is 15.8 Å². The molecule has 1 atom stereocenters. The molecule has 3 N–H and O–H groups in total. The lowest BCUT2D eigenvalue weighted by atomic mass is 9.81. The van der Waals surface area contributed by atoms with Crippen LogP contribution in [0.4, 0.5) is 5.69 Å². The summed E-state index contributed by atoms with van der Waals surface area (Å²) in [6.45, 7) is 5.51. The number of anilines is 1. The largest absolute Gasteiger partial charge is 0.378 e. The molecule has 1 fully saturated rings. The van der Waals surface area contributed by atoms with Crippen LogP contribution in [0.2, 0.25) is 5.02 Å². The maximum absolute atomic E-state index is 6.13. The van der Waals surface area contributed by atoms with Crippen molar-refractivity contribution in [3.63, 3.8) is 0 Å². The van der Waals surface area contributed by atoms with Gasteiger partial charge in [0.05, 0.1) is 16.2 Å². The molecule has 0 aromatic heterocycles. The maximum atomic E-state index is 6.13. The van der Waals surface area contributed by atoms with Crippen molar-refractivity contribution in [1.82, 2.24) is 0 Å². The van der Waals surface area contributed by atoms with E-state index in [2.05, 4.69) is 35.1 Å². The molecule has 0 spiro atoms. The van der Waals surface area contributed by atoms with Crippen LogP contribution >= 0.6 is 27.5 Å². The number of nitrogens with two attached hydrogens (primary N) is 1. The second kappa shape index (κ2) is 5.60. The normalized spacial score (nSPS) is 26.2. The van der Waals surface area contributed by atoms with Crippen molar-refractivity contribution in [2.75, 3.05) is 18.5 Å². The van der Waals surface area contributed by atoms with Crippen LogP contribution in [-0.4, -0.2) is 24.3 Å². The van der Waals surface area contributed by atoms with E-state index in [4.69, 9.17) is 22.1 Å². The minimum absolute atomic E-state index is 0.126. The summed E-state index contributed by atoms with van der Waals surface area (Å²) in [5, 5.41) is 4.26. The Kier molecular flexibility index (Phi) is 4.45. The Morgan fingerprint density at radius 3 is 2.79 bits per heavy atom. The van der Waals surface area contributed by atoms with Gasteiger partial charge >= 0.3 is 0 Å². The van der Waals surface area contributed by atoms with Crippen LogP contribution in [0.1, 0.15) is 26.7 Å². The minimum Gasteiger partial charge on any atom is -0.378 e. The zero-order chi connectivity index (χ0) is 14.1. The first-order valence-corrected chi connectivity index (χ1v) is 7.60. The number of halogens is 2. The molecule has 106 valence electrons. The summed E-state index contributed by atoms with van der Waals surface area (Å²) in [5.74, 6) is 0. The maximum Gasteiger partial charge on any atom is 0.0649 e. The van der Waals surface area contributed by atoms with Gasteiger partial charge in [0.1, 0.15) is 0 Å². The minimum atomic E-state index is -0.149. The van der Waals surface area contributed by atoms with E-state index in [0.717, 1.165) is 29.6 Å². The van der Waals surface area contributed by atoms with Gasteiger partial charge in [0.2, 0.25) is 0 Å². The highest BCUT2D eigenvalue weighted by atomic mass is 79.9. The van der Waals surface area contributed by atoms with E-state index in [1.807, 2.05) is 18.2 Å². The van der Waals surface area contributed by atoms with Crippen LogP contribution in [0.15, 0.2) is 22.7 Å². The van der Waals surface area contributed by atoms with E-state index >= 15 is 0 Å². The van der Waals surface area contributed by atoms with Gasteiger partial charge in [0.25, 0.3) is 0 Å². The van der Waals surface area contributed by atoms with Gasteiger partial charge in [-0.2, -0.15) is 0 Å². The summed E-state index contributed by atoms with van der Waals surface area (Å²) < 4.78 is 6.67. The predicted octanol–water partition coefficient (Wildman–Crippen LogP) is 3.80. The molecular formula is C14H20BrClN2O. The van der Waals surface area contributed by atoms with Crippen LogP contribution in [0, 0.1) is 0 Å². The second-order valence-electron chi connectivity index (χ2n) is 5.77. The average Bonchev–Trinajstić information content (AvgIpc) is 2.33. The predicted molar refractivity (Wildman–Crippen MR) is 83.8 cm³/mol. The lowest BCUT2D eigenvalue weighted by molar-refractivity contribution is -0.0736.